The van der Waals surface area contributed by atoms with E-state index in [0.717, 1.165) is 42.6 Å². The van der Waals surface area contributed by atoms with Crippen LogP contribution in [0.3, 0.4) is 0 Å². The summed E-state index contributed by atoms with van der Waals surface area (Å²) in [6.45, 7) is 5.78. The number of halogens is 1. The zero-order chi connectivity index (χ0) is 19.2. The lowest BCUT2D eigenvalue weighted by Gasteiger charge is -2.27. The van der Waals surface area contributed by atoms with E-state index in [2.05, 4.69) is 53.7 Å². The predicted octanol–water partition coefficient (Wildman–Crippen LogP) is 4.41. The van der Waals surface area contributed by atoms with Gasteiger partial charge in [-0.25, -0.2) is 0 Å². The predicted molar refractivity (Wildman–Crippen MR) is 125 cm³/mol. The molecule has 0 bridgehead atoms. The van der Waals surface area contributed by atoms with Gasteiger partial charge in [0.2, 0.25) is 0 Å². The summed E-state index contributed by atoms with van der Waals surface area (Å²) >= 11 is 0. The van der Waals surface area contributed by atoms with Crippen molar-refractivity contribution in [2.45, 2.75) is 32.2 Å². The van der Waals surface area contributed by atoms with E-state index >= 15 is 0 Å². The molecule has 3 rings (SSSR count). The van der Waals surface area contributed by atoms with Gasteiger partial charge in [0, 0.05) is 25.1 Å². The highest BCUT2D eigenvalue weighted by molar-refractivity contribution is 14.0. The number of rotatable bonds is 5. The van der Waals surface area contributed by atoms with E-state index in [9.17, 15) is 0 Å². The quantitative estimate of drug-likeness (QED) is 0.367. The van der Waals surface area contributed by atoms with Crippen LogP contribution in [0.2, 0.25) is 0 Å². The lowest BCUT2D eigenvalue weighted by molar-refractivity contribution is 0.267. The van der Waals surface area contributed by atoms with Crippen LogP contribution in [0.25, 0.3) is 0 Å². The lowest BCUT2D eigenvalue weighted by atomic mass is 9.93. The molecule has 152 valence electrons. The smallest absolute Gasteiger partial charge is 0.191 e. The van der Waals surface area contributed by atoms with E-state index in [1.54, 1.807) is 14.2 Å². The second-order valence-electron chi connectivity index (χ2n) is 6.94. The number of ether oxygens (including phenoxy) is 2. The Hall–Kier alpha value is -1.96. The van der Waals surface area contributed by atoms with E-state index in [1.807, 2.05) is 18.2 Å². The fourth-order valence-corrected chi connectivity index (χ4v) is 3.52. The van der Waals surface area contributed by atoms with Gasteiger partial charge in [-0.05, 0) is 38.0 Å². The van der Waals surface area contributed by atoms with Gasteiger partial charge in [0.25, 0.3) is 0 Å². The molecule has 0 aliphatic carbocycles. The maximum Gasteiger partial charge on any atom is 0.191 e. The van der Waals surface area contributed by atoms with Gasteiger partial charge in [-0.15, -0.1) is 24.0 Å². The monoisotopic (exact) mass is 495 g/mol. The van der Waals surface area contributed by atoms with Crippen LogP contribution in [0.4, 0.5) is 0 Å². The fourth-order valence-electron chi connectivity index (χ4n) is 3.52. The molecular formula is C22H30IN3O2. The van der Waals surface area contributed by atoms with Gasteiger partial charge in [-0.2, -0.15) is 0 Å². The molecule has 0 aromatic heterocycles. The first-order chi connectivity index (χ1) is 13.1. The molecule has 5 nitrogen and oxygen atoms in total. The van der Waals surface area contributed by atoms with Gasteiger partial charge >= 0.3 is 0 Å². The van der Waals surface area contributed by atoms with E-state index in [0.29, 0.717) is 5.92 Å². The van der Waals surface area contributed by atoms with Crippen LogP contribution in [0.5, 0.6) is 11.5 Å². The molecule has 1 aliphatic rings. The molecule has 2 atom stereocenters. The Morgan fingerprint density at radius 1 is 1.29 bits per heavy atom. The molecule has 6 heteroatoms. The Balaban J connectivity index is 0.00000280. The minimum absolute atomic E-state index is 0. The van der Waals surface area contributed by atoms with Crippen LogP contribution in [-0.2, 0) is 0 Å². The zero-order valence-corrected chi connectivity index (χ0v) is 19.3. The summed E-state index contributed by atoms with van der Waals surface area (Å²) in [7, 11) is 3.50. The summed E-state index contributed by atoms with van der Waals surface area (Å²) in [4.78, 5) is 4.39. The average molecular weight is 495 g/mol. The van der Waals surface area contributed by atoms with Crippen molar-refractivity contribution >= 4 is 29.9 Å². The summed E-state index contributed by atoms with van der Waals surface area (Å²) in [6.07, 6.45) is 1.00. The first-order valence-corrected chi connectivity index (χ1v) is 9.45. The molecule has 28 heavy (non-hydrogen) atoms. The Bertz CT molecular complexity index is 810. The number of nitrogens with zero attached hydrogens (tertiary/aromatic N) is 1. The Morgan fingerprint density at radius 3 is 2.82 bits per heavy atom. The molecule has 2 aromatic carbocycles. The maximum absolute atomic E-state index is 5.76. The highest BCUT2D eigenvalue weighted by atomic mass is 127. The normalized spacial score (nSPS) is 16.9. The molecule has 0 spiro atoms. The summed E-state index contributed by atoms with van der Waals surface area (Å²) in [5.74, 6) is 3.08. The van der Waals surface area contributed by atoms with Gasteiger partial charge in [-0.3, -0.25) is 4.99 Å². The van der Waals surface area contributed by atoms with E-state index in [4.69, 9.17) is 9.47 Å². The summed E-state index contributed by atoms with van der Waals surface area (Å²) in [5, 5.41) is 6.95. The summed E-state index contributed by atoms with van der Waals surface area (Å²) in [5.41, 5.74) is 3.60. The highest BCUT2D eigenvalue weighted by Crippen LogP contribution is 2.32. The number of fused-ring (bicyclic) bond motifs is 1. The average Bonchev–Trinajstić information content (AvgIpc) is 2.70. The van der Waals surface area contributed by atoms with Gasteiger partial charge in [0.05, 0.1) is 19.8 Å². The number of hydrogen-bond acceptors (Lipinski definition) is 3. The number of hydrogen-bond donors (Lipinski definition) is 2. The van der Waals surface area contributed by atoms with Crippen molar-refractivity contribution in [3.8, 4) is 11.5 Å². The van der Waals surface area contributed by atoms with Gasteiger partial charge < -0.3 is 20.1 Å². The van der Waals surface area contributed by atoms with Crippen molar-refractivity contribution in [3.05, 3.63) is 59.2 Å². The third kappa shape index (κ3) is 5.31. The lowest BCUT2D eigenvalue weighted by Crippen LogP contribution is -2.41. The molecule has 1 heterocycles. The van der Waals surface area contributed by atoms with Crippen molar-refractivity contribution in [1.82, 2.24) is 10.6 Å². The number of aryl methyl sites for hydroxylation is 1. The second-order valence-corrected chi connectivity index (χ2v) is 6.94. The molecule has 0 amide bonds. The number of nitrogens with one attached hydrogen (secondary N) is 2. The van der Waals surface area contributed by atoms with Crippen LogP contribution >= 0.6 is 24.0 Å². The van der Waals surface area contributed by atoms with Crippen LogP contribution < -0.4 is 20.1 Å². The summed E-state index contributed by atoms with van der Waals surface area (Å²) < 4.78 is 11.3. The molecule has 0 saturated carbocycles. The number of para-hydroxylation sites is 1. The zero-order valence-electron chi connectivity index (χ0n) is 17.0. The number of aliphatic imine (C=N–C) groups is 1. The van der Waals surface area contributed by atoms with Gasteiger partial charge in [-0.1, -0.05) is 35.9 Å². The third-order valence-electron chi connectivity index (χ3n) is 5.03. The largest absolute Gasteiger partial charge is 0.496 e. The van der Waals surface area contributed by atoms with Gasteiger partial charge in [0.15, 0.2) is 5.96 Å². The SMILES string of the molecule is CN=C(NCC1CCOc2ccccc21)NC(C)c1cc(C)ccc1OC.I. The fraction of sp³-hybridized carbons (Fsp3) is 0.409. The minimum atomic E-state index is 0. The molecular weight excluding hydrogens is 465 g/mol. The molecule has 0 radical (unpaired) electrons. The topological polar surface area (TPSA) is 54.9 Å². The molecule has 0 fully saturated rings. The maximum atomic E-state index is 5.76. The highest BCUT2D eigenvalue weighted by Gasteiger charge is 2.21. The van der Waals surface area contributed by atoms with E-state index < -0.39 is 0 Å². The van der Waals surface area contributed by atoms with Crippen molar-refractivity contribution < 1.29 is 9.47 Å². The molecule has 2 unspecified atom stereocenters. The Morgan fingerprint density at radius 2 is 2.07 bits per heavy atom. The number of benzene rings is 2. The van der Waals surface area contributed by atoms with E-state index in [-0.39, 0.29) is 30.0 Å². The first kappa shape index (κ1) is 22.3. The van der Waals surface area contributed by atoms with Crippen molar-refractivity contribution in [1.29, 1.82) is 0 Å². The van der Waals surface area contributed by atoms with Crippen molar-refractivity contribution in [3.63, 3.8) is 0 Å². The van der Waals surface area contributed by atoms with Crippen LogP contribution in [0, 0.1) is 6.92 Å². The van der Waals surface area contributed by atoms with Crippen LogP contribution in [-0.4, -0.2) is 33.3 Å². The Kier molecular flexibility index (Phi) is 8.41. The first-order valence-electron chi connectivity index (χ1n) is 9.45. The third-order valence-corrected chi connectivity index (χ3v) is 5.03. The van der Waals surface area contributed by atoms with Crippen molar-refractivity contribution in [2.75, 3.05) is 27.3 Å². The molecule has 2 N–H and O–H groups in total. The van der Waals surface area contributed by atoms with E-state index in [1.165, 1.54) is 11.1 Å². The molecule has 2 aromatic rings. The number of guanidine groups is 1. The van der Waals surface area contributed by atoms with Crippen LogP contribution in [0.15, 0.2) is 47.5 Å². The standard InChI is InChI=1S/C22H29N3O2.HI/c1-15-9-10-20(26-4)19(13-15)16(2)25-22(23-3)24-14-17-11-12-27-21-8-6-5-7-18(17)21;/h5-10,13,16-17H,11-12,14H2,1-4H3,(H2,23,24,25);1H. The second kappa shape index (κ2) is 10.5. The molecule has 0 saturated heterocycles. The summed E-state index contributed by atoms with van der Waals surface area (Å²) in [6, 6.07) is 14.6. The van der Waals surface area contributed by atoms with Crippen molar-refractivity contribution in [2.24, 2.45) is 4.99 Å². The van der Waals surface area contributed by atoms with Gasteiger partial charge in [0.1, 0.15) is 11.5 Å². The minimum Gasteiger partial charge on any atom is -0.496 e. The Labute approximate surface area is 184 Å². The number of methoxy groups -OCH3 is 1. The van der Waals surface area contributed by atoms with Crippen LogP contribution in [0.1, 0.15) is 42.0 Å². The molecule has 1 aliphatic heterocycles.